The molecule has 0 saturated carbocycles. The SMILES string of the molecule is CCCC(Br)C(Br)(Br)CO. The molecular formula is C6H11Br3O. The minimum absolute atomic E-state index is 0.0862. The smallest absolute Gasteiger partial charge is 0.116 e. The van der Waals surface area contributed by atoms with Gasteiger partial charge in [0.25, 0.3) is 0 Å². The minimum Gasteiger partial charge on any atom is -0.394 e. The highest BCUT2D eigenvalue weighted by Crippen LogP contribution is 2.36. The summed E-state index contributed by atoms with van der Waals surface area (Å²) in [5, 5.41) is 8.87. The van der Waals surface area contributed by atoms with Crippen LogP contribution in [0.25, 0.3) is 0 Å². The van der Waals surface area contributed by atoms with Crippen molar-refractivity contribution in [2.75, 3.05) is 6.61 Å². The summed E-state index contributed by atoms with van der Waals surface area (Å²) in [7, 11) is 0. The molecule has 0 rings (SSSR count). The maximum Gasteiger partial charge on any atom is 0.116 e. The molecule has 0 aliphatic rings. The standard InChI is InChI=1S/C6H11Br3O/c1-2-3-5(7)6(8,9)4-10/h5,10H,2-4H2,1H3. The van der Waals surface area contributed by atoms with E-state index in [-0.39, 0.29) is 14.7 Å². The summed E-state index contributed by atoms with van der Waals surface area (Å²) >= 11 is 10.2. The van der Waals surface area contributed by atoms with Crippen molar-refractivity contribution in [1.82, 2.24) is 0 Å². The second-order valence-corrected chi connectivity index (χ2v) is 7.17. The van der Waals surface area contributed by atoms with Crippen LogP contribution in [0.3, 0.4) is 0 Å². The average Bonchev–Trinajstić information content (AvgIpc) is 1.89. The van der Waals surface area contributed by atoms with E-state index in [1.807, 2.05) is 0 Å². The molecule has 4 heteroatoms. The molecule has 0 amide bonds. The van der Waals surface area contributed by atoms with Crippen molar-refractivity contribution in [2.24, 2.45) is 0 Å². The van der Waals surface area contributed by atoms with Gasteiger partial charge >= 0.3 is 0 Å². The second-order valence-electron chi connectivity index (χ2n) is 2.18. The highest BCUT2D eigenvalue weighted by molar-refractivity contribution is 9.26. The summed E-state index contributed by atoms with van der Waals surface area (Å²) in [5.74, 6) is 0. The van der Waals surface area contributed by atoms with Gasteiger partial charge in [0.1, 0.15) is 3.23 Å². The summed E-state index contributed by atoms with van der Waals surface area (Å²) in [4.78, 5) is 0.273. The Kier molecular flexibility index (Phi) is 5.83. The van der Waals surface area contributed by atoms with Crippen LogP contribution < -0.4 is 0 Å². The number of hydrogen-bond acceptors (Lipinski definition) is 1. The van der Waals surface area contributed by atoms with E-state index in [4.69, 9.17) is 5.11 Å². The molecule has 0 bridgehead atoms. The van der Waals surface area contributed by atoms with Crippen LogP contribution >= 0.6 is 47.8 Å². The van der Waals surface area contributed by atoms with Gasteiger partial charge in [0, 0.05) is 4.83 Å². The van der Waals surface area contributed by atoms with Crippen LogP contribution in [0.1, 0.15) is 19.8 Å². The third-order valence-electron chi connectivity index (χ3n) is 1.21. The van der Waals surface area contributed by atoms with Gasteiger partial charge in [0.15, 0.2) is 0 Å². The molecule has 0 radical (unpaired) electrons. The second kappa shape index (κ2) is 5.12. The van der Waals surface area contributed by atoms with Gasteiger partial charge in [-0.3, -0.25) is 0 Å². The fourth-order valence-electron chi connectivity index (χ4n) is 0.564. The Morgan fingerprint density at radius 1 is 1.50 bits per heavy atom. The first-order valence-electron chi connectivity index (χ1n) is 3.17. The molecule has 0 aliphatic heterocycles. The molecule has 1 atom stereocenters. The molecule has 0 fully saturated rings. The van der Waals surface area contributed by atoms with Crippen molar-refractivity contribution in [3.05, 3.63) is 0 Å². The number of halogens is 3. The lowest BCUT2D eigenvalue weighted by atomic mass is 10.2. The third-order valence-corrected chi connectivity index (χ3v) is 5.29. The van der Waals surface area contributed by atoms with Crippen molar-refractivity contribution >= 4 is 47.8 Å². The van der Waals surface area contributed by atoms with E-state index >= 15 is 0 Å². The van der Waals surface area contributed by atoms with E-state index in [2.05, 4.69) is 54.7 Å². The molecule has 1 nitrogen and oxygen atoms in total. The summed E-state index contributed by atoms with van der Waals surface area (Å²) in [6.07, 6.45) is 2.14. The van der Waals surface area contributed by atoms with Crippen LogP contribution in [0.5, 0.6) is 0 Å². The first kappa shape index (κ1) is 11.4. The van der Waals surface area contributed by atoms with Crippen LogP contribution in [0, 0.1) is 0 Å². The Hall–Kier alpha value is 1.40. The Bertz CT molecular complexity index is 95.0. The van der Waals surface area contributed by atoms with Gasteiger partial charge < -0.3 is 5.11 Å². The van der Waals surface area contributed by atoms with Gasteiger partial charge in [0.2, 0.25) is 0 Å². The van der Waals surface area contributed by atoms with Crippen LogP contribution in [0.2, 0.25) is 0 Å². The lowest BCUT2D eigenvalue weighted by molar-refractivity contribution is 0.285. The Morgan fingerprint density at radius 2 is 2.00 bits per heavy atom. The van der Waals surface area contributed by atoms with Crippen LogP contribution in [-0.2, 0) is 0 Å². The first-order valence-corrected chi connectivity index (χ1v) is 5.67. The molecular weight excluding hydrogens is 328 g/mol. The maximum atomic E-state index is 8.87. The van der Waals surface area contributed by atoms with Crippen LogP contribution in [-0.4, -0.2) is 19.8 Å². The van der Waals surface area contributed by atoms with Gasteiger partial charge in [-0.15, -0.1) is 0 Å². The van der Waals surface area contributed by atoms with Gasteiger partial charge in [0.05, 0.1) is 6.61 Å². The fourth-order valence-corrected chi connectivity index (χ4v) is 1.62. The predicted molar refractivity (Wildman–Crippen MR) is 55.3 cm³/mol. The van der Waals surface area contributed by atoms with Crippen molar-refractivity contribution in [1.29, 1.82) is 0 Å². The topological polar surface area (TPSA) is 20.2 Å². The fraction of sp³-hybridized carbons (Fsp3) is 1.00. The molecule has 0 aromatic heterocycles. The largest absolute Gasteiger partial charge is 0.394 e. The third kappa shape index (κ3) is 3.69. The van der Waals surface area contributed by atoms with Crippen molar-refractivity contribution < 1.29 is 5.11 Å². The number of alkyl halides is 3. The van der Waals surface area contributed by atoms with E-state index in [1.54, 1.807) is 0 Å². The Balaban J connectivity index is 3.78. The van der Waals surface area contributed by atoms with E-state index < -0.39 is 0 Å². The zero-order chi connectivity index (χ0) is 8.20. The molecule has 0 heterocycles. The van der Waals surface area contributed by atoms with Gasteiger partial charge in [-0.2, -0.15) is 0 Å². The van der Waals surface area contributed by atoms with Crippen LogP contribution in [0.15, 0.2) is 0 Å². The average molecular weight is 339 g/mol. The highest BCUT2D eigenvalue weighted by atomic mass is 79.9. The maximum absolute atomic E-state index is 8.87. The first-order chi connectivity index (χ1) is 4.54. The zero-order valence-corrected chi connectivity index (χ0v) is 10.5. The van der Waals surface area contributed by atoms with Crippen molar-refractivity contribution in [2.45, 2.75) is 27.8 Å². The molecule has 0 aromatic carbocycles. The monoisotopic (exact) mass is 336 g/mol. The number of aliphatic hydroxyl groups excluding tert-OH is 1. The van der Waals surface area contributed by atoms with E-state index in [9.17, 15) is 0 Å². The normalized spacial score (nSPS) is 15.3. The predicted octanol–water partition coefficient (Wildman–Crippen LogP) is 3.03. The zero-order valence-electron chi connectivity index (χ0n) is 5.78. The highest BCUT2D eigenvalue weighted by Gasteiger charge is 2.29. The van der Waals surface area contributed by atoms with E-state index in [0.29, 0.717) is 0 Å². The molecule has 0 aliphatic carbocycles. The molecule has 0 saturated heterocycles. The molecule has 62 valence electrons. The summed E-state index contributed by atoms with van der Waals surface area (Å²) in [6, 6.07) is 0. The van der Waals surface area contributed by atoms with Gasteiger partial charge in [-0.25, -0.2) is 0 Å². The number of rotatable bonds is 4. The number of aliphatic hydroxyl groups is 1. The number of hydrogen-bond donors (Lipinski definition) is 1. The molecule has 1 unspecified atom stereocenters. The van der Waals surface area contributed by atoms with E-state index in [1.165, 1.54) is 0 Å². The Labute approximate surface area is 87.0 Å². The molecule has 0 spiro atoms. The van der Waals surface area contributed by atoms with Gasteiger partial charge in [-0.05, 0) is 6.42 Å². The van der Waals surface area contributed by atoms with Crippen molar-refractivity contribution in [3.63, 3.8) is 0 Å². The summed E-state index contributed by atoms with van der Waals surface area (Å²) in [5.41, 5.74) is 0. The minimum atomic E-state index is -0.351. The van der Waals surface area contributed by atoms with Crippen LogP contribution in [0.4, 0.5) is 0 Å². The summed E-state index contributed by atoms with van der Waals surface area (Å²) in [6.45, 7) is 2.20. The van der Waals surface area contributed by atoms with E-state index in [0.717, 1.165) is 12.8 Å². The quantitative estimate of drug-likeness (QED) is 0.781. The molecule has 10 heavy (non-hydrogen) atoms. The Morgan fingerprint density at radius 3 is 2.30 bits per heavy atom. The summed E-state index contributed by atoms with van der Waals surface area (Å²) < 4.78 is -0.351. The molecule has 1 N–H and O–H groups in total. The van der Waals surface area contributed by atoms with Gasteiger partial charge in [-0.1, -0.05) is 61.1 Å². The molecule has 0 aromatic rings. The van der Waals surface area contributed by atoms with Crippen molar-refractivity contribution in [3.8, 4) is 0 Å². The lowest BCUT2D eigenvalue weighted by Gasteiger charge is -2.23. The lowest BCUT2D eigenvalue weighted by Crippen LogP contribution is -2.28.